The van der Waals surface area contributed by atoms with Crippen molar-refractivity contribution in [2.75, 3.05) is 7.05 Å². The molecule has 1 aromatic rings. The Morgan fingerprint density at radius 1 is 1.43 bits per heavy atom. The lowest BCUT2D eigenvalue weighted by atomic mass is 10.0. The standard InChI is InChI=1S/C12H20N2/c1-3-5-12(14-2)11-7-4-6-10(8-11)9-13/h4,6-8,12,14H,3,5,9,13H2,1-2H3. The molecule has 0 spiro atoms. The van der Waals surface area contributed by atoms with Gasteiger partial charge >= 0.3 is 0 Å². The number of nitrogens with one attached hydrogen (secondary N) is 1. The zero-order valence-electron chi connectivity index (χ0n) is 9.09. The van der Waals surface area contributed by atoms with Gasteiger partial charge in [-0.2, -0.15) is 0 Å². The van der Waals surface area contributed by atoms with Crippen molar-refractivity contribution in [1.82, 2.24) is 5.32 Å². The zero-order chi connectivity index (χ0) is 10.4. The average molecular weight is 192 g/mol. The lowest BCUT2D eigenvalue weighted by Crippen LogP contribution is -2.16. The average Bonchev–Trinajstić information content (AvgIpc) is 2.26. The third kappa shape index (κ3) is 2.82. The summed E-state index contributed by atoms with van der Waals surface area (Å²) in [6.45, 7) is 2.83. The summed E-state index contributed by atoms with van der Waals surface area (Å²) in [5.41, 5.74) is 8.17. The van der Waals surface area contributed by atoms with E-state index in [1.165, 1.54) is 24.0 Å². The summed E-state index contributed by atoms with van der Waals surface area (Å²) in [5, 5.41) is 3.33. The van der Waals surface area contributed by atoms with Crippen LogP contribution in [0.25, 0.3) is 0 Å². The van der Waals surface area contributed by atoms with Crippen LogP contribution in [-0.4, -0.2) is 7.05 Å². The topological polar surface area (TPSA) is 38.0 Å². The van der Waals surface area contributed by atoms with Crippen molar-refractivity contribution >= 4 is 0 Å². The highest BCUT2D eigenvalue weighted by Gasteiger charge is 2.07. The molecule has 1 rings (SSSR count). The summed E-state index contributed by atoms with van der Waals surface area (Å²) < 4.78 is 0. The Hall–Kier alpha value is -0.860. The maximum absolute atomic E-state index is 5.61. The highest BCUT2D eigenvalue weighted by Crippen LogP contribution is 2.18. The largest absolute Gasteiger partial charge is 0.326 e. The van der Waals surface area contributed by atoms with E-state index in [9.17, 15) is 0 Å². The Kier molecular flexibility index (Phi) is 4.63. The van der Waals surface area contributed by atoms with Gasteiger partial charge in [-0.05, 0) is 24.6 Å². The van der Waals surface area contributed by atoms with Crippen LogP contribution in [0.3, 0.4) is 0 Å². The van der Waals surface area contributed by atoms with Crippen molar-refractivity contribution in [1.29, 1.82) is 0 Å². The van der Waals surface area contributed by atoms with E-state index in [2.05, 4.69) is 36.5 Å². The number of benzene rings is 1. The molecule has 2 heteroatoms. The molecule has 0 amide bonds. The van der Waals surface area contributed by atoms with Gasteiger partial charge in [-0.3, -0.25) is 0 Å². The first-order valence-corrected chi connectivity index (χ1v) is 5.28. The number of nitrogens with two attached hydrogens (primary N) is 1. The third-order valence-electron chi connectivity index (χ3n) is 2.51. The minimum absolute atomic E-state index is 0.464. The van der Waals surface area contributed by atoms with Gasteiger partial charge < -0.3 is 11.1 Å². The highest BCUT2D eigenvalue weighted by molar-refractivity contribution is 5.25. The molecule has 0 fully saturated rings. The fraction of sp³-hybridized carbons (Fsp3) is 0.500. The molecule has 1 aromatic carbocycles. The molecule has 0 bridgehead atoms. The first-order valence-electron chi connectivity index (χ1n) is 5.28. The first-order chi connectivity index (χ1) is 6.81. The maximum atomic E-state index is 5.61. The SMILES string of the molecule is CCCC(NC)c1cccc(CN)c1. The Morgan fingerprint density at radius 3 is 2.79 bits per heavy atom. The monoisotopic (exact) mass is 192 g/mol. The van der Waals surface area contributed by atoms with Crippen LogP contribution in [0.1, 0.15) is 36.9 Å². The second-order valence-electron chi connectivity index (χ2n) is 3.58. The molecule has 0 aromatic heterocycles. The fourth-order valence-electron chi connectivity index (χ4n) is 1.70. The molecule has 0 aliphatic carbocycles. The molecular weight excluding hydrogens is 172 g/mol. The molecule has 0 saturated heterocycles. The first kappa shape index (κ1) is 11.2. The van der Waals surface area contributed by atoms with Gasteiger partial charge in [0.15, 0.2) is 0 Å². The Bertz CT molecular complexity index is 271. The zero-order valence-corrected chi connectivity index (χ0v) is 9.09. The van der Waals surface area contributed by atoms with Crippen LogP contribution in [-0.2, 0) is 6.54 Å². The van der Waals surface area contributed by atoms with Gasteiger partial charge in [0.05, 0.1) is 0 Å². The van der Waals surface area contributed by atoms with E-state index in [1.807, 2.05) is 7.05 Å². The maximum Gasteiger partial charge on any atom is 0.0317 e. The molecule has 1 unspecified atom stereocenters. The Labute approximate surface area is 86.5 Å². The molecular formula is C12H20N2. The van der Waals surface area contributed by atoms with Crippen molar-refractivity contribution in [2.45, 2.75) is 32.4 Å². The minimum Gasteiger partial charge on any atom is -0.326 e. The number of hydrogen-bond donors (Lipinski definition) is 2. The van der Waals surface area contributed by atoms with Crippen molar-refractivity contribution in [2.24, 2.45) is 5.73 Å². The predicted octanol–water partition coefficient (Wildman–Crippen LogP) is 2.21. The van der Waals surface area contributed by atoms with Crippen LogP contribution in [0.4, 0.5) is 0 Å². The molecule has 0 aliphatic heterocycles. The van der Waals surface area contributed by atoms with E-state index in [4.69, 9.17) is 5.73 Å². The minimum atomic E-state index is 0.464. The summed E-state index contributed by atoms with van der Waals surface area (Å²) in [7, 11) is 2.01. The van der Waals surface area contributed by atoms with E-state index >= 15 is 0 Å². The van der Waals surface area contributed by atoms with Gasteiger partial charge in [-0.15, -0.1) is 0 Å². The molecule has 78 valence electrons. The molecule has 0 saturated carbocycles. The number of rotatable bonds is 5. The molecule has 1 atom stereocenters. The predicted molar refractivity (Wildman–Crippen MR) is 61.0 cm³/mol. The second kappa shape index (κ2) is 5.78. The third-order valence-corrected chi connectivity index (χ3v) is 2.51. The smallest absolute Gasteiger partial charge is 0.0317 e. The van der Waals surface area contributed by atoms with Gasteiger partial charge in [0.25, 0.3) is 0 Å². The van der Waals surface area contributed by atoms with Crippen molar-refractivity contribution in [3.05, 3.63) is 35.4 Å². The summed E-state index contributed by atoms with van der Waals surface area (Å²) in [6.07, 6.45) is 2.36. The van der Waals surface area contributed by atoms with Crippen LogP contribution < -0.4 is 11.1 Å². The van der Waals surface area contributed by atoms with Gasteiger partial charge in [0, 0.05) is 12.6 Å². The van der Waals surface area contributed by atoms with Gasteiger partial charge in [-0.25, -0.2) is 0 Å². The summed E-state index contributed by atoms with van der Waals surface area (Å²) in [6, 6.07) is 8.97. The van der Waals surface area contributed by atoms with Gasteiger partial charge in [0.1, 0.15) is 0 Å². The lowest BCUT2D eigenvalue weighted by molar-refractivity contribution is 0.541. The Morgan fingerprint density at radius 2 is 2.21 bits per heavy atom. The van der Waals surface area contributed by atoms with Crippen LogP contribution in [0.15, 0.2) is 24.3 Å². The van der Waals surface area contributed by atoms with E-state index in [-0.39, 0.29) is 0 Å². The molecule has 0 radical (unpaired) electrons. The van der Waals surface area contributed by atoms with Gasteiger partial charge in [0.2, 0.25) is 0 Å². The van der Waals surface area contributed by atoms with Crippen LogP contribution in [0.2, 0.25) is 0 Å². The summed E-state index contributed by atoms with van der Waals surface area (Å²) in [4.78, 5) is 0. The fourth-order valence-corrected chi connectivity index (χ4v) is 1.70. The highest BCUT2D eigenvalue weighted by atomic mass is 14.9. The van der Waals surface area contributed by atoms with Crippen LogP contribution in [0.5, 0.6) is 0 Å². The van der Waals surface area contributed by atoms with Crippen molar-refractivity contribution in [3.8, 4) is 0 Å². The molecule has 2 nitrogen and oxygen atoms in total. The van der Waals surface area contributed by atoms with Crippen LogP contribution in [0, 0.1) is 0 Å². The number of hydrogen-bond acceptors (Lipinski definition) is 2. The molecule has 3 N–H and O–H groups in total. The van der Waals surface area contributed by atoms with E-state index in [0.29, 0.717) is 12.6 Å². The quantitative estimate of drug-likeness (QED) is 0.750. The van der Waals surface area contributed by atoms with Crippen molar-refractivity contribution < 1.29 is 0 Å². The summed E-state index contributed by atoms with van der Waals surface area (Å²) in [5.74, 6) is 0. The van der Waals surface area contributed by atoms with E-state index < -0.39 is 0 Å². The molecule has 0 aliphatic rings. The summed E-state index contributed by atoms with van der Waals surface area (Å²) >= 11 is 0. The van der Waals surface area contributed by atoms with Gasteiger partial charge in [-0.1, -0.05) is 37.6 Å². The normalized spacial score (nSPS) is 12.8. The van der Waals surface area contributed by atoms with Crippen LogP contribution >= 0.6 is 0 Å². The van der Waals surface area contributed by atoms with E-state index in [0.717, 1.165) is 0 Å². The lowest BCUT2D eigenvalue weighted by Gasteiger charge is -2.16. The Balaban J connectivity index is 2.80. The second-order valence-corrected chi connectivity index (χ2v) is 3.58. The molecule has 14 heavy (non-hydrogen) atoms. The molecule has 0 heterocycles. The van der Waals surface area contributed by atoms with E-state index in [1.54, 1.807) is 0 Å². The van der Waals surface area contributed by atoms with Crippen molar-refractivity contribution in [3.63, 3.8) is 0 Å².